The molecule has 25 heavy (non-hydrogen) atoms. The van der Waals surface area contributed by atoms with Gasteiger partial charge in [-0.05, 0) is 62.6 Å². The van der Waals surface area contributed by atoms with Crippen LogP contribution < -0.4 is 11.1 Å². The van der Waals surface area contributed by atoms with Crippen molar-refractivity contribution in [3.8, 4) is 0 Å². The Morgan fingerprint density at radius 2 is 2.04 bits per heavy atom. The van der Waals surface area contributed by atoms with Crippen molar-refractivity contribution in [2.24, 2.45) is 17.6 Å². The van der Waals surface area contributed by atoms with Crippen molar-refractivity contribution < 1.29 is 4.79 Å². The van der Waals surface area contributed by atoms with E-state index in [1.807, 2.05) is 11.3 Å². The van der Waals surface area contributed by atoms with Crippen LogP contribution in [0.4, 0.5) is 0 Å². The molecule has 1 aliphatic carbocycles. The van der Waals surface area contributed by atoms with Crippen LogP contribution in [0.5, 0.6) is 0 Å². The van der Waals surface area contributed by atoms with Crippen LogP contribution in [0.15, 0.2) is 17.5 Å². The minimum absolute atomic E-state index is 0. The lowest BCUT2D eigenvalue weighted by molar-refractivity contribution is -0.122. The average molecular weight is 408 g/mol. The van der Waals surface area contributed by atoms with Crippen LogP contribution in [0.1, 0.15) is 49.4 Å². The lowest BCUT2D eigenvalue weighted by atomic mass is 9.88. The molecule has 3 N–H and O–H groups in total. The Kier molecular flexibility index (Phi) is 9.75. The lowest BCUT2D eigenvalue weighted by Gasteiger charge is -2.39. The van der Waals surface area contributed by atoms with Crippen LogP contribution in [0, 0.1) is 11.8 Å². The molecule has 2 aliphatic rings. The fraction of sp³-hybridized carbons (Fsp3) is 0.722. The van der Waals surface area contributed by atoms with Gasteiger partial charge in [-0.3, -0.25) is 9.69 Å². The van der Waals surface area contributed by atoms with Crippen LogP contribution in [-0.2, 0) is 4.79 Å². The number of rotatable bonds is 5. The molecule has 3 rings (SSSR count). The van der Waals surface area contributed by atoms with E-state index in [1.165, 1.54) is 24.1 Å². The molecule has 2 fully saturated rings. The van der Waals surface area contributed by atoms with Gasteiger partial charge in [0.2, 0.25) is 5.91 Å². The Morgan fingerprint density at radius 1 is 1.28 bits per heavy atom. The van der Waals surface area contributed by atoms with E-state index in [1.54, 1.807) is 0 Å². The van der Waals surface area contributed by atoms with Gasteiger partial charge in [-0.25, -0.2) is 0 Å². The minimum atomic E-state index is 0. The van der Waals surface area contributed by atoms with Crippen LogP contribution in [-0.4, -0.2) is 37.0 Å². The first-order valence-corrected chi connectivity index (χ1v) is 9.79. The van der Waals surface area contributed by atoms with Gasteiger partial charge in [-0.2, -0.15) is 0 Å². The van der Waals surface area contributed by atoms with Gasteiger partial charge in [0.1, 0.15) is 0 Å². The molecule has 1 amide bonds. The van der Waals surface area contributed by atoms with Crippen molar-refractivity contribution in [1.29, 1.82) is 0 Å². The van der Waals surface area contributed by atoms with E-state index in [2.05, 4.69) is 34.8 Å². The number of nitrogens with zero attached hydrogens (tertiary/aromatic N) is 1. The third kappa shape index (κ3) is 5.83. The molecule has 1 saturated carbocycles. The van der Waals surface area contributed by atoms with Gasteiger partial charge in [0.05, 0.1) is 0 Å². The smallest absolute Gasteiger partial charge is 0.220 e. The fourth-order valence-electron chi connectivity index (χ4n) is 4.26. The molecule has 1 aromatic rings. The molecule has 4 nitrogen and oxygen atoms in total. The summed E-state index contributed by atoms with van der Waals surface area (Å²) in [5.74, 6) is 1.08. The highest BCUT2D eigenvalue weighted by atomic mass is 35.5. The van der Waals surface area contributed by atoms with Gasteiger partial charge in [0.25, 0.3) is 0 Å². The van der Waals surface area contributed by atoms with Crippen molar-refractivity contribution in [3.63, 3.8) is 0 Å². The highest BCUT2D eigenvalue weighted by molar-refractivity contribution is 7.10. The second kappa shape index (κ2) is 10.7. The van der Waals surface area contributed by atoms with E-state index in [0.29, 0.717) is 24.3 Å². The maximum absolute atomic E-state index is 12.3. The standard InChI is InChI=1S/C18H29N3OS.2ClH/c1-21-9-3-6-14(18(21)16-8-4-10-23-16)12-20-17(22)11-13-5-2-7-15(13)19;;/h4,8,10,13-15,18H,2-3,5-7,9,11-12,19H2,1H3,(H,20,22);2*1H/t13-,14?,15+,18?;;/m0../s1. The third-order valence-corrected chi connectivity index (χ3v) is 6.51. The summed E-state index contributed by atoms with van der Waals surface area (Å²) >= 11 is 1.83. The molecule has 0 spiro atoms. The average Bonchev–Trinajstić information content (AvgIpc) is 3.18. The van der Waals surface area contributed by atoms with Crippen molar-refractivity contribution >= 4 is 42.1 Å². The van der Waals surface area contributed by atoms with E-state index in [0.717, 1.165) is 25.9 Å². The Bertz CT molecular complexity index is 514. The number of amides is 1. The van der Waals surface area contributed by atoms with Crippen molar-refractivity contribution in [2.75, 3.05) is 20.1 Å². The number of nitrogens with two attached hydrogens (primary N) is 1. The third-order valence-electron chi connectivity index (χ3n) is 5.57. The molecule has 1 aromatic heterocycles. The quantitative estimate of drug-likeness (QED) is 0.783. The van der Waals surface area contributed by atoms with Crippen molar-refractivity contribution in [1.82, 2.24) is 10.2 Å². The summed E-state index contributed by atoms with van der Waals surface area (Å²) in [6.45, 7) is 1.93. The summed E-state index contributed by atoms with van der Waals surface area (Å²) in [6.07, 6.45) is 6.37. The fourth-order valence-corrected chi connectivity index (χ4v) is 5.24. The van der Waals surface area contributed by atoms with Gasteiger partial charge in [-0.15, -0.1) is 36.2 Å². The van der Waals surface area contributed by atoms with E-state index in [9.17, 15) is 4.79 Å². The maximum Gasteiger partial charge on any atom is 0.220 e. The molecule has 7 heteroatoms. The van der Waals surface area contributed by atoms with E-state index < -0.39 is 0 Å². The summed E-state index contributed by atoms with van der Waals surface area (Å²) in [5, 5.41) is 5.34. The van der Waals surface area contributed by atoms with Gasteiger partial charge in [0, 0.05) is 29.9 Å². The van der Waals surface area contributed by atoms with Gasteiger partial charge in [-0.1, -0.05) is 12.5 Å². The Labute approximate surface area is 167 Å². The zero-order valence-corrected chi connectivity index (χ0v) is 17.3. The van der Waals surface area contributed by atoms with Crippen LogP contribution >= 0.6 is 36.2 Å². The topological polar surface area (TPSA) is 58.4 Å². The predicted molar refractivity (Wildman–Crippen MR) is 110 cm³/mol. The number of hydrogen-bond donors (Lipinski definition) is 2. The molecule has 2 heterocycles. The number of carbonyl (C=O) groups is 1. The Hall–Kier alpha value is -0.330. The molecule has 0 bridgehead atoms. The largest absolute Gasteiger partial charge is 0.356 e. The first-order chi connectivity index (χ1) is 11.1. The zero-order valence-electron chi connectivity index (χ0n) is 14.9. The number of carbonyl (C=O) groups excluding carboxylic acids is 1. The molecule has 0 aromatic carbocycles. The lowest BCUT2D eigenvalue weighted by Crippen LogP contribution is -2.42. The van der Waals surface area contributed by atoms with Gasteiger partial charge < -0.3 is 11.1 Å². The first-order valence-electron chi connectivity index (χ1n) is 8.91. The Balaban J connectivity index is 0.00000156. The van der Waals surface area contributed by atoms with Crippen molar-refractivity contribution in [2.45, 2.75) is 50.6 Å². The second-order valence-electron chi connectivity index (χ2n) is 7.21. The van der Waals surface area contributed by atoms with Crippen molar-refractivity contribution in [3.05, 3.63) is 22.4 Å². The summed E-state index contributed by atoms with van der Waals surface area (Å²) in [5.41, 5.74) is 6.09. The monoisotopic (exact) mass is 407 g/mol. The highest BCUT2D eigenvalue weighted by Crippen LogP contribution is 2.36. The predicted octanol–water partition coefficient (Wildman–Crippen LogP) is 3.61. The van der Waals surface area contributed by atoms with E-state index in [-0.39, 0.29) is 36.8 Å². The summed E-state index contributed by atoms with van der Waals surface area (Å²) in [4.78, 5) is 16.1. The summed E-state index contributed by atoms with van der Waals surface area (Å²) in [7, 11) is 2.20. The van der Waals surface area contributed by atoms with E-state index in [4.69, 9.17) is 5.73 Å². The first kappa shape index (κ1) is 22.7. The number of nitrogens with one attached hydrogen (secondary N) is 1. The summed E-state index contributed by atoms with van der Waals surface area (Å²) in [6, 6.07) is 5.02. The zero-order chi connectivity index (χ0) is 16.2. The Morgan fingerprint density at radius 3 is 2.68 bits per heavy atom. The number of piperidine rings is 1. The number of thiophene rings is 1. The minimum Gasteiger partial charge on any atom is -0.356 e. The normalized spacial score (nSPS) is 29.5. The van der Waals surface area contributed by atoms with Gasteiger partial charge in [0.15, 0.2) is 0 Å². The molecular weight excluding hydrogens is 377 g/mol. The second-order valence-corrected chi connectivity index (χ2v) is 8.19. The van der Waals surface area contributed by atoms with Crippen LogP contribution in [0.25, 0.3) is 0 Å². The molecular formula is C18H31Cl2N3OS. The molecule has 4 atom stereocenters. The molecule has 1 aliphatic heterocycles. The molecule has 1 saturated heterocycles. The van der Waals surface area contributed by atoms with Gasteiger partial charge >= 0.3 is 0 Å². The molecule has 0 radical (unpaired) electrons. The van der Waals surface area contributed by atoms with Crippen LogP contribution in [0.3, 0.4) is 0 Å². The summed E-state index contributed by atoms with van der Waals surface area (Å²) < 4.78 is 0. The maximum atomic E-state index is 12.3. The molecule has 144 valence electrons. The SMILES string of the molecule is CN1CCCC(CNC(=O)C[C@@H]2CCC[C@H]2N)C1c1cccs1.Cl.Cl. The molecule has 2 unspecified atom stereocenters. The number of likely N-dealkylation sites (tertiary alicyclic amines) is 1. The number of halogens is 2. The highest BCUT2D eigenvalue weighted by Gasteiger charge is 2.32. The van der Waals surface area contributed by atoms with E-state index >= 15 is 0 Å². The van der Waals surface area contributed by atoms with Crippen LogP contribution in [0.2, 0.25) is 0 Å². The number of hydrogen-bond acceptors (Lipinski definition) is 4.